The van der Waals surface area contributed by atoms with Gasteiger partial charge < -0.3 is 9.74 Å². The second-order valence-corrected chi connectivity index (χ2v) is 5.32. The quantitative estimate of drug-likeness (QED) is 0.629. The normalized spacial score (nSPS) is 25.6. The smallest absolute Gasteiger partial charge is 0.269 e. The molecule has 108 valence electrons. The van der Waals surface area contributed by atoms with Crippen LogP contribution in [0.5, 0.6) is 5.75 Å². The fourth-order valence-corrected chi connectivity index (χ4v) is 2.24. The van der Waals surface area contributed by atoms with E-state index < -0.39 is 4.92 Å². The lowest BCUT2D eigenvalue weighted by Gasteiger charge is -2.34. The number of nitro groups is 1. The summed E-state index contributed by atoms with van der Waals surface area (Å²) < 4.78 is 0. The summed E-state index contributed by atoms with van der Waals surface area (Å²) in [5, 5.41) is 14.8. The predicted octanol–water partition coefficient (Wildman–Crippen LogP) is 2.69. The van der Waals surface area contributed by atoms with Gasteiger partial charge in [0.25, 0.3) is 5.69 Å². The maximum absolute atomic E-state index is 10.6. The minimum absolute atomic E-state index is 0.0475. The lowest BCUT2D eigenvalue weighted by atomic mass is 9.93. The third-order valence-electron chi connectivity index (χ3n) is 3.70. The second kappa shape index (κ2) is 6.00. The molecule has 1 aromatic carbocycles. The number of nitro benzene ring substituents is 1. The highest BCUT2D eigenvalue weighted by atomic mass is 16.6. The van der Waals surface area contributed by atoms with E-state index in [4.69, 9.17) is 4.84 Å². The number of hydrogen-bond acceptors (Lipinski definition) is 5. The van der Waals surface area contributed by atoms with Crippen LogP contribution in [0, 0.1) is 16.0 Å². The highest BCUT2D eigenvalue weighted by molar-refractivity contribution is 5.87. The Labute approximate surface area is 118 Å². The topological polar surface area (TPSA) is 68.0 Å². The van der Waals surface area contributed by atoms with Gasteiger partial charge in [-0.15, -0.1) is 0 Å². The molecule has 20 heavy (non-hydrogen) atoms. The van der Waals surface area contributed by atoms with Crippen LogP contribution < -0.4 is 4.84 Å². The first-order valence-electron chi connectivity index (χ1n) is 6.66. The predicted molar refractivity (Wildman–Crippen MR) is 77.0 cm³/mol. The highest BCUT2D eigenvalue weighted by Gasteiger charge is 2.25. The molecular formula is C14H19N3O3. The lowest BCUT2D eigenvalue weighted by Crippen LogP contribution is -2.43. The van der Waals surface area contributed by atoms with E-state index in [1.807, 2.05) is 0 Å². The summed E-state index contributed by atoms with van der Waals surface area (Å²) in [6.07, 6.45) is 0.880. The molecular weight excluding hydrogens is 258 g/mol. The molecule has 1 saturated heterocycles. The zero-order chi connectivity index (χ0) is 14.7. The van der Waals surface area contributed by atoms with E-state index in [9.17, 15) is 10.1 Å². The van der Waals surface area contributed by atoms with Crippen LogP contribution in [0.3, 0.4) is 0 Å². The summed E-state index contributed by atoms with van der Waals surface area (Å²) in [7, 11) is 2.11. The zero-order valence-electron chi connectivity index (χ0n) is 11.9. The van der Waals surface area contributed by atoms with E-state index in [2.05, 4.69) is 31.0 Å². The highest BCUT2D eigenvalue weighted by Crippen LogP contribution is 2.21. The molecule has 1 aromatic rings. The summed E-state index contributed by atoms with van der Waals surface area (Å²) in [4.78, 5) is 17.8. The Morgan fingerprint density at radius 3 is 2.60 bits per heavy atom. The van der Waals surface area contributed by atoms with Crippen molar-refractivity contribution in [3.63, 3.8) is 0 Å². The van der Waals surface area contributed by atoms with Gasteiger partial charge in [-0.25, -0.2) is 0 Å². The third kappa shape index (κ3) is 3.33. The number of likely N-dealkylation sites (tertiary alicyclic amines) is 1. The fourth-order valence-electron chi connectivity index (χ4n) is 2.24. The van der Waals surface area contributed by atoms with Crippen LogP contribution in [0.4, 0.5) is 5.69 Å². The number of benzene rings is 1. The van der Waals surface area contributed by atoms with E-state index in [0.29, 0.717) is 17.7 Å². The Morgan fingerprint density at radius 1 is 1.35 bits per heavy atom. The molecule has 1 heterocycles. The van der Waals surface area contributed by atoms with Crippen molar-refractivity contribution in [2.24, 2.45) is 11.1 Å². The molecule has 6 nitrogen and oxygen atoms in total. The van der Waals surface area contributed by atoms with Crippen molar-refractivity contribution in [1.82, 2.24) is 4.90 Å². The van der Waals surface area contributed by atoms with Gasteiger partial charge >= 0.3 is 0 Å². The summed E-state index contributed by atoms with van der Waals surface area (Å²) in [5.74, 6) is 0.871. The molecule has 0 aliphatic carbocycles. The molecule has 0 aromatic heterocycles. The largest absolute Gasteiger partial charge is 0.357 e. The molecule has 2 atom stereocenters. The second-order valence-electron chi connectivity index (χ2n) is 5.32. The maximum Gasteiger partial charge on any atom is 0.269 e. The van der Waals surface area contributed by atoms with E-state index in [0.717, 1.165) is 18.7 Å². The van der Waals surface area contributed by atoms with Crippen molar-refractivity contribution in [2.45, 2.75) is 26.3 Å². The summed E-state index contributed by atoms with van der Waals surface area (Å²) in [6.45, 7) is 5.25. The van der Waals surface area contributed by atoms with Crippen molar-refractivity contribution < 1.29 is 9.76 Å². The SMILES string of the molecule is C[C@@H]1CN(C)[C@@H](C)CC1=NOc1ccc([N+](=O)[O-])cc1. The molecule has 2 rings (SSSR count). The molecule has 0 radical (unpaired) electrons. The minimum atomic E-state index is -0.434. The number of oxime groups is 1. The van der Waals surface area contributed by atoms with Crippen molar-refractivity contribution in [3.8, 4) is 5.75 Å². The summed E-state index contributed by atoms with van der Waals surface area (Å²) in [6, 6.07) is 6.40. The van der Waals surface area contributed by atoms with Gasteiger partial charge in [-0.1, -0.05) is 12.1 Å². The molecule has 6 heteroatoms. The molecule has 1 aliphatic rings. The van der Waals surface area contributed by atoms with Crippen molar-refractivity contribution in [3.05, 3.63) is 34.4 Å². The van der Waals surface area contributed by atoms with Crippen LogP contribution in [-0.2, 0) is 0 Å². The first-order chi connectivity index (χ1) is 9.47. The first-order valence-corrected chi connectivity index (χ1v) is 6.66. The average Bonchev–Trinajstić information content (AvgIpc) is 2.42. The zero-order valence-corrected chi connectivity index (χ0v) is 11.9. The number of rotatable bonds is 3. The molecule has 0 saturated carbocycles. The Hall–Kier alpha value is -1.95. The van der Waals surface area contributed by atoms with Crippen LogP contribution in [0.25, 0.3) is 0 Å². The van der Waals surface area contributed by atoms with Gasteiger partial charge in [0.05, 0.1) is 10.6 Å². The van der Waals surface area contributed by atoms with E-state index >= 15 is 0 Å². The summed E-state index contributed by atoms with van der Waals surface area (Å²) >= 11 is 0. The third-order valence-corrected chi connectivity index (χ3v) is 3.70. The Bertz CT molecular complexity index is 513. The van der Waals surface area contributed by atoms with E-state index in [1.165, 1.54) is 12.1 Å². The first kappa shape index (κ1) is 14.5. The van der Waals surface area contributed by atoms with Crippen LogP contribution in [0.15, 0.2) is 29.4 Å². The average molecular weight is 277 g/mol. The Balaban J connectivity index is 2.03. The number of hydrogen-bond donors (Lipinski definition) is 0. The van der Waals surface area contributed by atoms with Crippen LogP contribution in [-0.4, -0.2) is 35.2 Å². The number of nitrogens with zero attached hydrogens (tertiary/aromatic N) is 3. The van der Waals surface area contributed by atoms with Crippen molar-refractivity contribution >= 4 is 11.4 Å². The standard InChI is InChI=1S/C14H19N3O3/c1-10-9-16(3)11(2)8-14(10)15-20-13-6-4-12(5-7-13)17(18)19/h4-7,10-11H,8-9H2,1-3H3/t10-,11+/m1/s1. The summed E-state index contributed by atoms with van der Waals surface area (Å²) in [5.41, 5.74) is 1.08. The van der Waals surface area contributed by atoms with Crippen LogP contribution in [0.1, 0.15) is 20.3 Å². The minimum Gasteiger partial charge on any atom is -0.357 e. The van der Waals surface area contributed by atoms with Gasteiger partial charge in [0.1, 0.15) is 0 Å². The van der Waals surface area contributed by atoms with Gasteiger partial charge in [-0.3, -0.25) is 10.1 Å². The van der Waals surface area contributed by atoms with Crippen LogP contribution >= 0.6 is 0 Å². The Morgan fingerprint density at radius 2 is 2.00 bits per heavy atom. The molecule has 0 bridgehead atoms. The molecule has 1 fully saturated rings. The maximum atomic E-state index is 10.6. The monoisotopic (exact) mass is 277 g/mol. The molecule has 0 N–H and O–H groups in total. The fraction of sp³-hybridized carbons (Fsp3) is 0.500. The van der Waals surface area contributed by atoms with Crippen molar-refractivity contribution in [1.29, 1.82) is 0 Å². The molecule has 0 spiro atoms. The van der Waals surface area contributed by atoms with Gasteiger partial charge in [0.15, 0.2) is 5.75 Å². The Kier molecular flexibility index (Phi) is 4.34. The molecule has 0 unspecified atom stereocenters. The van der Waals surface area contributed by atoms with Gasteiger partial charge in [0.2, 0.25) is 0 Å². The van der Waals surface area contributed by atoms with E-state index in [1.54, 1.807) is 12.1 Å². The van der Waals surface area contributed by atoms with Gasteiger partial charge in [-0.2, -0.15) is 0 Å². The molecule has 1 aliphatic heterocycles. The lowest BCUT2D eigenvalue weighted by molar-refractivity contribution is -0.384. The van der Waals surface area contributed by atoms with E-state index in [-0.39, 0.29) is 5.69 Å². The van der Waals surface area contributed by atoms with Crippen molar-refractivity contribution in [2.75, 3.05) is 13.6 Å². The number of non-ortho nitro benzene ring substituents is 1. The number of piperidine rings is 1. The van der Waals surface area contributed by atoms with Gasteiger partial charge in [-0.05, 0) is 26.1 Å². The van der Waals surface area contributed by atoms with Crippen LogP contribution in [0.2, 0.25) is 0 Å². The molecule has 0 amide bonds. The van der Waals surface area contributed by atoms with Gasteiger partial charge in [0, 0.05) is 37.1 Å².